The van der Waals surface area contributed by atoms with Crippen LogP contribution in [0.15, 0.2) is 97.2 Å². The van der Waals surface area contributed by atoms with Crippen LogP contribution in [0, 0.1) is 0 Å². The summed E-state index contributed by atoms with van der Waals surface area (Å²) in [7, 11) is 3.95. The lowest BCUT2D eigenvalue weighted by Gasteiger charge is -2.28. The van der Waals surface area contributed by atoms with E-state index in [9.17, 15) is 9.59 Å². The lowest BCUT2D eigenvalue weighted by Crippen LogP contribution is -2.36. The van der Waals surface area contributed by atoms with Crippen LogP contribution in [0.4, 0.5) is 17.1 Å². The molecule has 1 fully saturated rings. The first kappa shape index (κ1) is 27.2. The molecule has 0 aliphatic carbocycles. The third-order valence-corrected chi connectivity index (χ3v) is 7.58. The number of amides is 1. The molecular formula is C34H33N5O3. The monoisotopic (exact) mass is 559 g/mol. The molecule has 0 saturated carbocycles. The third kappa shape index (κ3) is 5.89. The van der Waals surface area contributed by atoms with Gasteiger partial charge in [-0.1, -0.05) is 12.1 Å². The molecule has 42 heavy (non-hydrogen) atoms. The summed E-state index contributed by atoms with van der Waals surface area (Å²) in [6.07, 6.45) is 2.09. The number of ketones is 1. The number of morpholine rings is 1. The van der Waals surface area contributed by atoms with Crippen molar-refractivity contribution < 1.29 is 14.3 Å². The topological polar surface area (TPSA) is 79.7 Å². The van der Waals surface area contributed by atoms with Crippen molar-refractivity contribution in [1.29, 1.82) is 0 Å². The first-order chi connectivity index (χ1) is 20.4. The minimum atomic E-state index is -0.172. The Kier molecular flexibility index (Phi) is 7.70. The number of rotatable bonds is 8. The summed E-state index contributed by atoms with van der Waals surface area (Å²) in [5.41, 5.74) is 6.91. The third-order valence-electron chi connectivity index (χ3n) is 7.58. The Bertz CT molecular complexity index is 1700. The van der Waals surface area contributed by atoms with Gasteiger partial charge in [-0.25, -0.2) is 4.68 Å². The molecule has 6 rings (SSSR count). The molecule has 1 saturated heterocycles. The van der Waals surface area contributed by atoms with Crippen LogP contribution >= 0.6 is 0 Å². The number of carbonyl (C=O) groups is 2. The molecule has 5 aromatic rings. The average molecular weight is 560 g/mol. The van der Waals surface area contributed by atoms with Crippen molar-refractivity contribution in [3.05, 3.63) is 114 Å². The average Bonchev–Trinajstić information content (AvgIpc) is 3.46. The zero-order valence-corrected chi connectivity index (χ0v) is 23.8. The van der Waals surface area contributed by atoms with Crippen molar-refractivity contribution in [2.75, 3.05) is 55.5 Å². The zero-order valence-electron chi connectivity index (χ0n) is 23.8. The highest BCUT2D eigenvalue weighted by Crippen LogP contribution is 2.23. The molecule has 0 radical (unpaired) electrons. The molecule has 0 bridgehead atoms. The second kappa shape index (κ2) is 11.9. The van der Waals surface area contributed by atoms with E-state index < -0.39 is 0 Å². The number of benzene rings is 4. The second-order valence-corrected chi connectivity index (χ2v) is 10.6. The first-order valence-electron chi connectivity index (χ1n) is 14.1. The van der Waals surface area contributed by atoms with Crippen LogP contribution in [0.2, 0.25) is 0 Å². The van der Waals surface area contributed by atoms with Gasteiger partial charge in [-0.2, -0.15) is 5.10 Å². The highest BCUT2D eigenvalue weighted by molar-refractivity contribution is 6.06. The van der Waals surface area contributed by atoms with Crippen molar-refractivity contribution >= 4 is 39.7 Å². The molecule has 1 N–H and O–H groups in total. The molecule has 0 atom stereocenters. The molecule has 1 aliphatic rings. The summed E-state index contributed by atoms with van der Waals surface area (Å²) < 4.78 is 7.27. The summed E-state index contributed by atoms with van der Waals surface area (Å²) in [6.45, 7) is 3.21. The Morgan fingerprint density at radius 1 is 0.833 bits per heavy atom. The fraction of sp³-hybridized carbons (Fsp3) is 0.206. The molecular weight excluding hydrogens is 526 g/mol. The standard InChI is InChI=1S/C34H33N5O3/c1-37(2)29-12-5-25(6-13-29)33(40)21-24-3-10-31(11-4-24)39-32-16-7-26(22-27(32)23-35-39)34(41)36-28-8-14-30(15-9-28)38-17-19-42-20-18-38/h3-16,22-23H,17-21H2,1-2H3,(H,36,41). The summed E-state index contributed by atoms with van der Waals surface area (Å²) in [6, 6.07) is 29.0. The van der Waals surface area contributed by atoms with Gasteiger partial charge in [0.1, 0.15) is 0 Å². The Balaban J connectivity index is 1.11. The fourth-order valence-electron chi connectivity index (χ4n) is 5.15. The Morgan fingerprint density at radius 2 is 1.50 bits per heavy atom. The lowest BCUT2D eigenvalue weighted by atomic mass is 10.0. The Hall–Kier alpha value is -4.95. The number of aromatic nitrogens is 2. The SMILES string of the molecule is CN(C)c1ccc(C(=O)Cc2ccc(-n3ncc4cc(C(=O)Nc5ccc(N6CCOCC6)cc5)ccc43)cc2)cc1. The van der Waals surface area contributed by atoms with E-state index in [4.69, 9.17) is 4.74 Å². The van der Waals surface area contributed by atoms with E-state index in [1.54, 1.807) is 6.20 Å². The van der Waals surface area contributed by atoms with Crippen LogP contribution in [0.1, 0.15) is 26.3 Å². The summed E-state index contributed by atoms with van der Waals surface area (Å²) in [5.74, 6) is -0.0920. The van der Waals surface area contributed by atoms with Gasteiger partial charge in [-0.3, -0.25) is 9.59 Å². The van der Waals surface area contributed by atoms with E-state index in [2.05, 4.69) is 15.3 Å². The molecule has 0 spiro atoms. The lowest BCUT2D eigenvalue weighted by molar-refractivity contribution is 0.0991. The van der Waals surface area contributed by atoms with Gasteiger partial charge in [0.05, 0.1) is 30.6 Å². The van der Waals surface area contributed by atoms with Gasteiger partial charge in [-0.15, -0.1) is 0 Å². The number of fused-ring (bicyclic) bond motifs is 1. The summed E-state index contributed by atoms with van der Waals surface area (Å²) in [5, 5.41) is 8.43. The van der Waals surface area contributed by atoms with Crippen LogP contribution in [0.3, 0.4) is 0 Å². The smallest absolute Gasteiger partial charge is 0.255 e. The van der Waals surface area contributed by atoms with Crippen molar-refractivity contribution in [1.82, 2.24) is 9.78 Å². The van der Waals surface area contributed by atoms with Crippen molar-refractivity contribution in [2.24, 2.45) is 0 Å². The van der Waals surface area contributed by atoms with Gasteiger partial charge in [0, 0.05) is 67.2 Å². The number of hydrogen-bond donors (Lipinski definition) is 1. The summed E-state index contributed by atoms with van der Waals surface area (Å²) in [4.78, 5) is 30.1. The molecule has 2 heterocycles. The molecule has 1 aliphatic heterocycles. The van der Waals surface area contributed by atoms with Crippen LogP contribution in [0.25, 0.3) is 16.6 Å². The van der Waals surface area contributed by atoms with Gasteiger partial charge in [-0.05, 0) is 84.4 Å². The Morgan fingerprint density at radius 3 is 2.19 bits per heavy atom. The molecule has 1 amide bonds. The number of nitrogens with zero attached hydrogens (tertiary/aromatic N) is 4. The molecule has 212 valence electrons. The minimum absolute atomic E-state index is 0.0800. The van der Waals surface area contributed by atoms with Crippen molar-refractivity contribution in [3.63, 3.8) is 0 Å². The van der Waals surface area contributed by atoms with Crippen LogP contribution < -0.4 is 15.1 Å². The number of Topliss-reactive ketones (excluding diaryl/α,β-unsaturated/α-hetero) is 1. The number of nitrogens with one attached hydrogen (secondary N) is 1. The second-order valence-electron chi connectivity index (χ2n) is 10.6. The minimum Gasteiger partial charge on any atom is -0.378 e. The van der Waals surface area contributed by atoms with E-state index >= 15 is 0 Å². The maximum atomic E-state index is 13.0. The molecule has 0 unspecified atom stereocenters. The highest BCUT2D eigenvalue weighted by atomic mass is 16.5. The van der Waals surface area contributed by atoms with E-state index in [-0.39, 0.29) is 11.7 Å². The Labute approximate surface area is 245 Å². The van der Waals surface area contributed by atoms with E-state index in [1.807, 2.05) is 115 Å². The molecule has 8 heteroatoms. The van der Waals surface area contributed by atoms with Crippen molar-refractivity contribution in [2.45, 2.75) is 6.42 Å². The number of carbonyl (C=O) groups excluding carboxylic acids is 2. The van der Waals surface area contributed by atoms with E-state index in [0.717, 1.165) is 65.5 Å². The highest BCUT2D eigenvalue weighted by Gasteiger charge is 2.14. The van der Waals surface area contributed by atoms with Crippen molar-refractivity contribution in [3.8, 4) is 5.69 Å². The quantitative estimate of drug-likeness (QED) is 0.249. The van der Waals surface area contributed by atoms with Crippen LogP contribution in [-0.4, -0.2) is 61.9 Å². The number of hydrogen-bond acceptors (Lipinski definition) is 6. The predicted octanol–water partition coefficient (Wildman–Crippen LogP) is 5.61. The first-order valence-corrected chi connectivity index (χ1v) is 14.1. The molecule has 8 nitrogen and oxygen atoms in total. The number of anilines is 3. The van der Waals surface area contributed by atoms with E-state index in [0.29, 0.717) is 17.5 Å². The molecule has 1 aromatic heterocycles. The van der Waals surface area contributed by atoms with Gasteiger partial charge in [0.25, 0.3) is 5.91 Å². The van der Waals surface area contributed by atoms with Gasteiger partial charge >= 0.3 is 0 Å². The predicted molar refractivity (Wildman–Crippen MR) is 167 cm³/mol. The number of ether oxygens (including phenoxy) is 1. The van der Waals surface area contributed by atoms with Crippen LogP contribution in [-0.2, 0) is 11.2 Å². The normalized spacial score (nSPS) is 13.2. The fourth-order valence-corrected chi connectivity index (χ4v) is 5.15. The van der Waals surface area contributed by atoms with Gasteiger partial charge in [0.15, 0.2) is 5.78 Å². The maximum Gasteiger partial charge on any atom is 0.255 e. The zero-order chi connectivity index (χ0) is 29.1. The maximum absolute atomic E-state index is 13.0. The van der Waals surface area contributed by atoms with Gasteiger partial charge in [0.2, 0.25) is 0 Å². The van der Waals surface area contributed by atoms with E-state index in [1.165, 1.54) is 0 Å². The van der Waals surface area contributed by atoms with Crippen LogP contribution in [0.5, 0.6) is 0 Å². The molecule has 4 aromatic carbocycles. The summed E-state index contributed by atoms with van der Waals surface area (Å²) >= 11 is 0. The van der Waals surface area contributed by atoms with Gasteiger partial charge < -0.3 is 19.9 Å². The largest absolute Gasteiger partial charge is 0.378 e.